The van der Waals surface area contributed by atoms with Crippen LogP contribution in [0, 0.1) is 0 Å². The molecular weight excluding hydrogens is 204 g/mol. The monoisotopic (exact) mass is 230 g/mol. The minimum absolute atomic E-state index is 0.156. The molecule has 2 atom stereocenters. The maximum absolute atomic E-state index is 5.23. The Morgan fingerprint density at radius 3 is 2.62 bits per heavy atom. The Morgan fingerprint density at radius 2 is 2.06 bits per heavy atom. The van der Waals surface area contributed by atoms with Crippen molar-refractivity contribution in [2.24, 2.45) is 0 Å². The van der Waals surface area contributed by atoms with E-state index in [1.165, 1.54) is 19.4 Å². The number of ether oxygens (including phenoxy) is 2. The molecule has 0 aromatic carbocycles. The second kappa shape index (κ2) is 7.22. The lowest BCUT2D eigenvalue weighted by Crippen LogP contribution is -2.46. The molecule has 1 saturated heterocycles. The summed E-state index contributed by atoms with van der Waals surface area (Å²) in [6.07, 6.45) is 2.47. The normalized spacial score (nSPS) is 24.2. The van der Waals surface area contributed by atoms with Crippen LogP contribution in [-0.2, 0) is 9.47 Å². The molecule has 1 fully saturated rings. The van der Waals surface area contributed by atoms with Gasteiger partial charge in [0.05, 0.1) is 6.04 Å². The maximum Gasteiger partial charge on any atom is 0.171 e. The van der Waals surface area contributed by atoms with E-state index in [1.807, 2.05) is 0 Å². The molecule has 4 heteroatoms. The quantitative estimate of drug-likeness (QED) is 0.663. The van der Waals surface area contributed by atoms with E-state index in [1.54, 1.807) is 14.2 Å². The molecule has 1 heterocycles. The Hall–Kier alpha value is -0.160. The number of nitrogens with zero attached hydrogens (tertiary/aromatic N) is 1. The molecule has 0 saturated carbocycles. The minimum Gasteiger partial charge on any atom is -0.354 e. The molecule has 1 N–H and O–H groups in total. The van der Waals surface area contributed by atoms with E-state index < -0.39 is 0 Å². The molecule has 0 radical (unpaired) electrons. The predicted molar refractivity (Wildman–Crippen MR) is 65.5 cm³/mol. The summed E-state index contributed by atoms with van der Waals surface area (Å²) in [4.78, 5) is 2.54. The fourth-order valence-corrected chi connectivity index (χ4v) is 2.47. The number of likely N-dealkylation sites (tertiary alicyclic amines) is 1. The third-order valence-electron chi connectivity index (χ3n) is 3.45. The number of hydrogen-bond donors (Lipinski definition) is 1. The van der Waals surface area contributed by atoms with Crippen LogP contribution in [-0.4, -0.2) is 57.1 Å². The van der Waals surface area contributed by atoms with Gasteiger partial charge in [-0.1, -0.05) is 6.92 Å². The number of rotatable bonds is 7. The van der Waals surface area contributed by atoms with Gasteiger partial charge in [0.15, 0.2) is 6.29 Å². The zero-order chi connectivity index (χ0) is 12.0. The van der Waals surface area contributed by atoms with Crippen molar-refractivity contribution in [1.82, 2.24) is 10.2 Å². The largest absolute Gasteiger partial charge is 0.354 e. The highest BCUT2D eigenvalue weighted by Gasteiger charge is 2.24. The average Bonchev–Trinajstić information content (AvgIpc) is 2.75. The first-order chi connectivity index (χ1) is 7.72. The van der Waals surface area contributed by atoms with Gasteiger partial charge in [-0.25, -0.2) is 0 Å². The van der Waals surface area contributed by atoms with Crippen LogP contribution in [0.5, 0.6) is 0 Å². The smallest absolute Gasteiger partial charge is 0.171 e. The van der Waals surface area contributed by atoms with Gasteiger partial charge in [0.1, 0.15) is 0 Å². The van der Waals surface area contributed by atoms with Gasteiger partial charge in [-0.05, 0) is 32.9 Å². The molecule has 0 aromatic heterocycles. The maximum atomic E-state index is 5.23. The highest BCUT2D eigenvalue weighted by molar-refractivity contribution is 4.81. The van der Waals surface area contributed by atoms with Crippen LogP contribution in [0.1, 0.15) is 26.7 Å². The molecule has 0 bridgehead atoms. The van der Waals surface area contributed by atoms with E-state index >= 15 is 0 Å². The molecule has 4 nitrogen and oxygen atoms in total. The van der Waals surface area contributed by atoms with Gasteiger partial charge in [0.25, 0.3) is 0 Å². The van der Waals surface area contributed by atoms with E-state index in [4.69, 9.17) is 9.47 Å². The van der Waals surface area contributed by atoms with Gasteiger partial charge in [-0.15, -0.1) is 0 Å². The molecular formula is C12H26N2O2. The molecule has 0 aromatic rings. The lowest BCUT2D eigenvalue weighted by atomic mass is 10.2. The first-order valence-electron chi connectivity index (χ1n) is 6.26. The van der Waals surface area contributed by atoms with Crippen molar-refractivity contribution in [3.05, 3.63) is 0 Å². The van der Waals surface area contributed by atoms with Crippen molar-refractivity contribution in [2.75, 3.05) is 33.9 Å². The Morgan fingerprint density at radius 1 is 1.38 bits per heavy atom. The summed E-state index contributed by atoms with van der Waals surface area (Å²) in [6.45, 7) is 7.75. The zero-order valence-electron chi connectivity index (χ0n) is 11.0. The summed E-state index contributed by atoms with van der Waals surface area (Å²) in [6, 6.07) is 0.913. The Bertz CT molecular complexity index is 186. The molecule has 1 rings (SSSR count). The summed E-state index contributed by atoms with van der Waals surface area (Å²) in [7, 11) is 3.36. The predicted octanol–water partition coefficient (Wildman–Crippen LogP) is 1.07. The summed E-state index contributed by atoms with van der Waals surface area (Å²) < 4.78 is 10.5. The molecule has 96 valence electrons. The molecule has 16 heavy (non-hydrogen) atoms. The second-order valence-electron chi connectivity index (χ2n) is 4.46. The van der Waals surface area contributed by atoms with Crippen LogP contribution in [0.4, 0.5) is 0 Å². The van der Waals surface area contributed by atoms with Crippen molar-refractivity contribution in [3.63, 3.8) is 0 Å². The molecule has 0 spiro atoms. The lowest BCUT2D eigenvalue weighted by Gasteiger charge is -2.27. The third kappa shape index (κ3) is 3.70. The minimum atomic E-state index is -0.156. The highest BCUT2D eigenvalue weighted by atomic mass is 16.7. The molecule has 1 aliphatic rings. The van der Waals surface area contributed by atoms with E-state index in [9.17, 15) is 0 Å². The summed E-state index contributed by atoms with van der Waals surface area (Å²) in [5, 5.41) is 3.50. The fraction of sp³-hybridized carbons (Fsp3) is 1.00. The van der Waals surface area contributed by atoms with E-state index in [2.05, 4.69) is 24.1 Å². The molecule has 0 amide bonds. The first kappa shape index (κ1) is 13.9. The summed E-state index contributed by atoms with van der Waals surface area (Å²) in [5.41, 5.74) is 0. The van der Waals surface area contributed by atoms with Gasteiger partial charge < -0.3 is 14.8 Å². The first-order valence-corrected chi connectivity index (χ1v) is 6.26. The van der Waals surface area contributed by atoms with Gasteiger partial charge in [-0.2, -0.15) is 0 Å². The van der Waals surface area contributed by atoms with Crippen molar-refractivity contribution in [3.8, 4) is 0 Å². The van der Waals surface area contributed by atoms with Gasteiger partial charge in [0.2, 0.25) is 0 Å². The Kier molecular flexibility index (Phi) is 6.28. The van der Waals surface area contributed by atoms with Gasteiger partial charge in [-0.3, -0.25) is 4.90 Å². The topological polar surface area (TPSA) is 33.7 Å². The fourth-order valence-electron chi connectivity index (χ4n) is 2.47. The van der Waals surface area contributed by atoms with Crippen LogP contribution >= 0.6 is 0 Å². The molecule has 2 unspecified atom stereocenters. The van der Waals surface area contributed by atoms with Crippen molar-refractivity contribution in [1.29, 1.82) is 0 Å². The van der Waals surface area contributed by atoms with Crippen molar-refractivity contribution < 1.29 is 9.47 Å². The van der Waals surface area contributed by atoms with E-state index in [0.717, 1.165) is 13.1 Å². The standard InChI is InChI=1S/C12H26N2O2/c1-5-14-8-6-7-11(14)9-13-10(2)12(15-3)16-4/h10-13H,5-9H2,1-4H3. The van der Waals surface area contributed by atoms with Gasteiger partial charge >= 0.3 is 0 Å². The van der Waals surface area contributed by atoms with E-state index in [-0.39, 0.29) is 12.3 Å². The molecule has 1 aliphatic heterocycles. The summed E-state index contributed by atoms with van der Waals surface area (Å²) >= 11 is 0. The lowest BCUT2D eigenvalue weighted by molar-refractivity contribution is -0.119. The van der Waals surface area contributed by atoms with E-state index in [0.29, 0.717) is 6.04 Å². The molecule has 0 aliphatic carbocycles. The Labute approximate surface area is 99.3 Å². The third-order valence-corrected chi connectivity index (χ3v) is 3.45. The van der Waals surface area contributed by atoms with Crippen LogP contribution in [0.2, 0.25) is 0 Å². The van der Waals surface area contributed by atoms with Crippen molar-refractivity contribution in [2.45, 2.75) is 45.1 Å². The number of nitrogens with one attached hydrogen (secondary N) is 1. The number of methoxy groups -OCH3 is 2. The number of hydrogen-bond acceptors (Lipinski definition) is 4. The van der Waals surface area contributed by atoms with Crippen LogP contribution in [0.15, 0.2) is 0 Å². The van der Waals surface area contributed by atoms with Crippen LogP contribution < -0.4 is 5.32 Å². The highest BCUT2D eigenvalue weighted by Crippen LogP contribution is 2.15. The average molecular weight is 230 g/mol. The SMILES string of the molecule is CCN1CCCC1CNC(C)C(OC)OC. The zero-order valence-corrected chi connectivity index (χ0v) is 11.0. The van der Waals surface area contributed by atoms with Crippen molar-refractivity contribution >= 4 is 0 Å². The Balaban J connectivity index is 2.27. The van der Waals surface area contributed by atoms with Crippen LogP contribution in [0.3, 0.4) is 0 Å². The second-order valence-corrected chi connectivity index (χ2v) is 4.46. The van der Waals surface area contributed by atoms with Crippen LogP contribution in [0.25, 0.3) is 0 Å². The summed E-state index contributed by atoms with van der Waals surface area (Å²) in [5.74, 6) is 0. The number of likely N-dealkylation sites (N-methyl/N-ethyl adjacent to an activating group) is 1. The van der Waals surface area contributed by atoms with Gasteiger partial charge in [0, 0.05) is 26.8 Å².